The smallest absolute Gasteiger partial charge is 0.240 e. The quantitative estimate of drug-likeness (QED) is 0.729. The van der Waals surface area contributed by atoms with Gasteiger partial charge in [0, 0.05) is 24.2 Å². The van der Waals surface area contributed by atoms with Gasteiger partial charge in [0.05, 0.1) is 4.90 Å². The van der Waals surface area contributed by atoms with Gasteiger partial charge >= 0.3 is 0 Å². The molecule has 138 valence electrons. The lowest BCUT2D eigenvalue weighted by Gasteiger charge is -2.10. The van der Waals surface area contributed by atoms with Crippen LogP contribution in [0.2, 0.25) is 0 Å². The second-order valence-electron chi connectivity index (χ2n) is 6.09. The van der Waals surface area contributed by atoms with Crippen LogP contribution >= 0.6 is 0 Å². The number of sulfonamides is 1. The fraction of sp³-hybridized carbons (Fsp3) is 0.263. The Morgan fingerprint density at radius 3 is 2.23 bits per heavy atom. The summed E-state index contributed by atoms with van der Waals surface area (Å²) in [5.74, 6) is -0.406. The van der Waals surface area contributed by atoms with Crippen molar-refractivity contribution < 1.29 is 18.0 Å². The predicted molar refractivity (Wildman–Crippen MR) is 101 cm³/mol. The molecule has 0 unspecified atom stereocenters. The van der Waals surface area contributed by atoms with Crippen molar-refractivity contribution in [1.29, 1.82) is 0 Å². The molecule has 0 fully saturated rings. The fourth-order valence-corrected chi connectivity index (χ4v) is 3.45. The van der Waals surface area contributed by atoms with Gasteiger partial charge in [-0.2, -0.15) is 0 Å². The maximum atomic E-state index is 12.2. The van der Waals surface area contributed by atoms with Gasteiger partial charge in [-0.25, -0.2) is 13.1 Å². The molecule has 1 amide bonds. The zero-order valence-electron chi connectivity index (χ0n) is 15.0. The average Bonchev–Trinajstić information content (AvgIpc) is 2.57. The number of benzene rings is 2. The molecule has 0 aliphatic heterocycles. The molecule has 0 aliphatic rings. The molecule has 0 heterocycles. The summed E-state index contributed by atoms with van der Waals surface area (Å²) in [6.45, 7) is 5.26. The number of rotatable bonds is 7. The van der Waals surface area contributed by atoms with E-state index in [1.165, 1.54) is 31.2 Å². The Hall–Kier alpha value is -2.51. The molecule has 0 aliphatic carbocycles. The maximum absolute atomic E-state index is 12.2. The molecule has 0 aromatic heterocycles. The summed E-state index contributed by atoms with van der Waals surface area (Å²) in [6.07, 6.45) is 0.0120. The molecule has 2 rings (SSSR count). The third-order valence-electron chi connectivity index (χ3n) is 3.87. The second kappa shape index (κ2) is 8.25. The van der Waals surface area contributed by atoms with Crippen molar-refractivity contribution in [2.45, 2.75) is 32.1 Å². The molecule has 2 aromatic rings. The Kier molecular flexibility index (Phi) is 6.28. The molecule has 7 heteroatoms. The molecule has 6 nitrogen and oxygen atoms in total. The number of ketones is 1. The van der Waals surface area contributed by atoms with Crippen LogP contribution in [0.25, 0.3) is 0 Å². The normalized spacial score (nSPS) is 11.2. The fourth-order valence-electron chi connectivity index (χ4n) is 2.42. The number of anilines is 1. The van der Waals surface area contributed by atoms with Crippen molar-refractivity contribution >= 4 is 27.4 Å². The summed E-state index contributed by atoms with van der Waals surface area (Å²) >= 11 is 0. The molecule has 0 radical (unpaired) electrons. The second-order valence-corrected chi connectivity index (χ2v) is 7.86. The van der Waals surface area contributed by atoms with E-state index >= 15 is 0 Å². The topological polar surface area (TPSA) is 92.3 Å². The number of carbonyl (C=O) groups is 2. The van der Waals surface area contributed by atoms with Crippen LogP contribution in [-0.2, 0) is 14.8 Å². The van der Waals surface area contributed by atoms with E-state index in [1.54, 1.807) is 0 Å². The number of nitrogens with one attached hydrogen (secondary N) is 2. The van der Waals surface area contributed by atoms with Crippen LogP contribution in [0.15, 0.2) is 47.4 Å². The van der Waals surface area contributed by atoms with Crippen LogP contribution in [-0.4, -0.2) is 26.7 Å². The number of hydrogen-bond acceptors (Lipinski definition) is 4. The van der Waals surface area contributed by atoms with E-state index < -0.39 is 10.0 Å². The molecular formula is C19H22N2O4S. The maximum Gasteiger partial charge on any atom is 0.240 e. The molecule has 26 heavy (non-hydrogen) atoms. The van der Waals surface area contributed by atoms with E-state index in [0.717, 1.165) is 11.1 Å². The third-order valence-corrected chi connectivity index (χ3v) is 5.35. The number of amides is 1. The molecule has 0 spiro atoms. The highest BCUT2D eigenvalue weighted by atomic mass is 32.2. The Morgan fingerprint density at radius 1 is 1.00 bits per heavy atom. The Morgan fingerprint density at radius 2 is 1.65 bits per heavy atom. The van der Waals surface area contributed by atoms with Gasteiger partial charge in [0.1, 0.15) is 0 Å². The zero-order chi connectivity index (χ0) is 19.3. The summed E-state index contributed by atoms with van der Waals surface area (Å²) in [5.41, 5.74) is 3.20. The molecule has 0 saturated carbocycles. The zero-order valence-corrected chi connectivity index (χ0v) is 15.8. The van der Waals surface area contributed by atoms with Gasteiger partial charge < -0.3 is 5.32 Å². The van der Waals surface area contributed by atoms with Crippen molar-refractivity contribution in [2.24, 2.45) is 0 Å². The Labute approximate surface area is 153 Å². The third kappa shape index (κ3) is 5.24. The van der Waals surface area contributed by atoms with Crippen LogP contribution in [0.5, 0.6) is 0 Å². The summed E-state index contributed by atoms with van der Waals surface area (Å²) in [4.78, 5) is 23.3. The van der Waals surface area contributed by atoms with Crippen LogP contribution in [0.1, 0.15) is 34.8 Å². The minimum atomic E-state index is -3.73. The first-order valence-electron chi connectivity index (χ1n) is 8.17. The number of hydrogen-bond donors (Lipinski definition) is 2. The van der Waals surface area contributed by atoms with Crippen molar-refractivity contribution in [2.75, 3.05) is 11.9 Å². The molecule has 0 saturated heterocycles. The first-order valence-corrected chi connectivity index (χ1v) is 9.65. The van der Waals surface area contributed by atoms with Crippen LogP contribution < -0.4 is 10.0 Å². The van der Waals surface area contributed by atoms with Crippen LogP contribution in [0.4, 0.5) is 5.69 Å². The lowest BCUT2D eigenvalue weighted by Crippen LogP contribution is -2.28. The van der Waals surface area contributed by atoms with Crippen LogP contribution in [0.3, 0.4) is 0 Å². The van der Waals surface area contributed by atoms with E-state index in [4.69, 9.17) is 0 Å². The predicted octanol–water partition coefficient (Wildman–Crippen LogP) is 2.81. The monoisotopic (exact) mass is 374 g/mol. The van der Waals surface area contributed by atoms with Gasteiger partial charge in [0.15, 0.2) is 5.78 Å². The number of aryl methyl sites for hydroxylation is 2. The van der Waals surface area contributed by atoms with Gasteiger partial charge in [-0.1, -0.05) is 29.8 Å². The molecule has 0 atom stereocenters. The highest BCUT2D eigenvalue weighted by Gasteiger charge is 2.15. The van der Waals surface area contributed by atoms with E-state index in [9.17, 15) is 18.0 Å². The number of carbonyl (C=O) groups excluding carboxylic acids is 2. The SMILES string of the molecule is CC(=O)c1ccc(S(=O)(=O)NCCC(=O)Nc2ccc(C)cc2C)cc1. The minimum Gasteiger partial charge on any atom is -0.326 e. The van der Waals surface area contributed by atoms with Crippen molar-refractivity contribution in [1.82, 2.24) is 4.72 Å². The Bertz CT molecular complexity index is 919. The largest absolute Gasteiger partial charge is 0.326 e. The van der Waals surface area contributed by atoms with Crippen molar-refractivity contribution in [3.63, 3.8) is 0 Å². The van der Waals surface area contributed by atoms with Gasteiger partial charge in [0.2, 0.25) is 15.9 Å². The highest BCUT2D eigenvalue weighted by Crippen LogP contribution is 2.16. The van der Waals surface area contributed by atoms with E-state index in [1.807, 2.05) is 32.0 Å². The van der Waals surface area contributed by atoms with Gasteiger partial charge in [-0.15, -0.1) is 0 Å². The Balaban J connectivity index is 1.91. The van der Waals surface area contributed by atoms with Gasteiger partial charge in [0.25, 0.3) is 0 Å². The highest BCUT2D eigenvalue weighted by molar-refractivity contribution is 7.89. The lowest BCUT2D eigenvalue weighted by molar-refractivity contribution is -0.116. The summed E-state index contributed by atoms with van der Waals surface area (Å²) in [6, 6.07) is 11.3. The van der Waals surface area contributed by atoms with Gasteiger partial charge in [-0.05, 0) is 44.5 Å². The molecule has 0 bridgehead atoms. The van der Waals surface area contributed by atoms with Crippen molar-refractivity contribution in [3.05, 3.63) is 59.2 Å². The van der Waals surface area contributed by atoms with Crippen LogP contribution in [0, 0.1) is 13.8 Å². The standard InChI is InChI=1S/C19H22N2O4S/c1-13-4-9-18(14(2)12-13)21-19(23)10-11-20-26(24,25)17-7-5-16(6-8-17)15(3)22/h4-9,12,20H,10-11H2,1-3H3,(H,21,23). The van der Waals surface area contributed by atoms with E-state index in [-0.39, 0.29) is 29.6 Å². The van der Waals surface area contributed by atoms with E-state index in [2.05, 4.69) is 10.0 Å². The first-order chi connectivity index (χ1) is 12.2. The van der Waals surface area contributed by atoms with Gasteiger partial charge in [-0.3, -0.25) is 9.59 Å². The van der Waals surface area contributed by atoms with Crippen molar-refractivity contribution in [3.8, 4) is 0 Å². The van der Waals surface area contributed by atoms with E-state index in [0.29, 0.717) is 11.3 Å². The first kappa shape index (κ1) is 19.8. The summed E-state index contributed by atoms with van der Waals surface area (Å²) < 4.78 is 26.8. The molecular weight excluding hydrogens is 352 g/mol. The molecule has 2 N–H and O–H groups in total. The minimum absolute atomic E-state index is 0.0120. The summed E-state index contributed by atoms with van der Waals surface area (Å²) in [7, 11) is -3.73. The molecule has 2 aromatic carbocycles. The summed E-state index contributed by atoms with van der Waals surface area (Å²) in [5, 5.41) is 2.77. The number of Topliss-reactive ketones (excluding diaryl/α,β-unsaturated/α-hetero) is 1. The average molecular weight is 374 g/mol. The lowest BCUT2D eigenvalue weighted by atomic mass is 10.1.